The van der Waals surface area contributed by atoms with Crippen LogP contribution in [0.4, 0.5) is 18.0 Å². The van der Waals surface area contributed by atoms with Crippen LogP contribution in [0.2, 0.25) is 0 Å². The van der Waals surface area contributed by atoms with E-state index in [-0.39, 0.29) is 25.6 Å². The highest BCUT2D eigenvalue weighted by molar-refractivity contribution is 5.99. The van der Waals surface area contributed by atoms with Crippen molar-refractivity contribution < 1.29 is 32.2 Å². The lowest BCUT2D eigenvalue weighted by Crippen LogP contribution is -2.33. The van der Waals surface area contributed by atoms with Crippen molar-refractivity contribution in [2.24, 2.45) is 5.92 Å². The molecule has 2 fully saturated rings. The number of benzene rings is 1. The fourth-order valence-electron chi connectivity index (χ4n) is 3.37. The third kappa shape index (κ3) is 5.09. The number of ether oxygens (including phenoxy) is 2. The van der Waals surface area contributed by atoms with E-state index in [1.54, 1.807) is 30.3 Å². The van der Waals surface area contributed by atoms with Crippen LogP contribution in [0.25, 0.3) is 0 Å². The molecule has 27 heavy (non-hydrogen) atoms. The van der Waals surface area contributed by atoms with Gasteiger partial charge in [0.25, 0.3) is 5.91 Å². The number of hydrogen-bond acceptors (Lipinski definition) is 4. The predicted molar refractivity (Wildman–Crippen MR) is 89.7 cm³/mol. The molecule has 0 saturated carbocycles. The Bertz CT molecular complexity index is 705. The summed E-state index contributed by atoms with van der Waals surface area (Å²) in [7, 11) is 0. The number of cyclic esters (lactones) is 1. The van der Waals surface area contributed by atoms with Gasteiger partial charge in [-0.3, -0.25) is 4.79 Å². The second-order valence-electron chi connectivity index (χ2n) is 6.67. The Morgan fingerprint density at radius 2 is 2.00 bits per heavy atom. The zero-order chi connectivity index (χ0) is 19.4. The Balaban J connectivity index is 1.64. The van der Waals surface area contributed by atoms with Crippen molar-refractivity contribution in [3.05, 3.63) is 48.0 Å². The summed E-state index contributed by atoms with van der Waals surface area (Å²) < 4.78 is 47.7. The van der Waals surface area contributed by atoms with Gasteiger partial charge in [0.1, 0.15) is 12.6 Å². The summed E-state index contributed by atoms with van der Waals surface area (Å²) in [5, 5.41) is 0. The maximum absolute atomic E-state index is 12.5. The normalized spacial score (nSPS) is 26.4. The second kappa shape index (κ2) is 8.12. The van der Waals surface area contributed by atoms with Crippen LogP contribution < -0.4 is 0 Å². The van der Waals surface area contributed by atoms with Gasteiger partial charge in [-0.25, -0.2) is 9.69 Å². The number of imide groups is 1. The number of allylic oxidation sites excluding steroid dienone is 1. The molecule has 5 nitrogen and oxygen atoms in total. The van der Waals surface area contributed by atoms with Gasteiger partial charge in [-0.15, -0.1) is 0 Å². The second-order valence-corrected chi connectivity index (χ2v) is 6.67. The first kappa shape index (κ1) is 19.4. The molecule has 0 aliphatic carbocycles. The third-order valence-electron chi connectivity index (χ3n) is 4.67. The molecular formula is C19H20F3NO4. The third-order valence-corrected chi connectivity index (χ3v) is 4.67. The molecule has 2 amide bonds. The highest BCUT2D eigenvalue weighted by Crippen LogP contribution is 2.31. The summed E-state index contributed by atoms with van der Waals surface area (Å²) in [5.74, 6) is -0.742. The number of rotatable bonds is 4. The smallest absolute Gasteiger partial charge is 0.417 e. The van der Waals surface area contributed by atoms with Crippen LogP contribution in [0, 0.1) is 5.92 Å². The average Bonchev–Trinajstić information content (AvgIpc) is 3.01. The highest BCUT2D eigenvalue weighted by Gasteiger charge is 2.38. The predicted octanol–water partition coefficient (Wildman–Crippen LogP) is 4.01. The van der Waals surface area contributed by atoms with Crippen molar-refractivity contribution in [3.8, 4) is 0 Å². The van der Waals surface area contributed by atoms with Crippen LogP contribution >= 0.6 is 0 Å². The van der Waals surface area contributed by atoms with E-state index >= 15 is 0 Å². The molecule has 3 rings (SSSR count). The Hall–Kier alpha value is -2.35. The average molecular weight is 383 g/mol. The summed E-state index contributed by atoms with van der Waals surface area (Å²) in [6.07, 6.45) is -3.36. The molecule has 0 bridgehead atoms. The Morgan fingerprint density at radius 3 is 2.70 bits per heavy atom. The molecule has 3 unspecified atom stereocenters. The quantitative estimate of drug-likeness (QED) is 0.738. The van der Waals surface area contributed by atoms with Crippen molar-refractivity contribution in [2.75, 3.05) is 13.2 Å². The number of carbonyl (C=O) groups excluding carboxylic acids is 2. The zero-order valence-electron chi connectivity index (χ0n) is 14.5. The van der Waals surface area contributed by atoms with Gasteiger partial charge in [-0.1, -0.05) is 36.4 Å². The van der Waals surface area contributed by atoms with E-state index < -0.39 is 36.7 Å². The lowest BCUT2D eigenvalue weighted by Gasteiger charge is -2.28. The fourth-order valence-corrected chi connectivity index (χ4v) is 3.37. The van der Waals surface area contributed by atoms with Crippen LogP contribution in [0.5, 0.6) is 0 Å². The molecular weight excluding hydrogens is 363 g/mol. The summed E-state index contributed by atoms with van der Waals surface area (Å²) in [5.41, 5.74) is 0.779. The molecule has 1 aromatic carbocycles. The van der Waals surface area contributed by atoms with Gasteiger partial charge < -0.3 is 9.47 Å². The van der Waals surface area contributed by atoms with Crippen LogP contribution in [0.15, 0.2) is 42.5 Å². The number of alkyl halides is 3. The first-order chi connectivity index (χ1) is 12.8. The SMILES string of the molecule is O=C(C=CC1CCOC(CC(F)(F)F)C1)N1C(=O)OCC1c1ccccc1. The highest BCUT2D eigenvalue weighted by atomic mass is 19.4. The molecule has 0 radical (unpaired) electrons. The molecule has 1 aromatic rings. The van der Waals surface area contributed by atoms with Crippen molar-refractivity contribution in [3.63, 3.8) is 0 Å². The molecule has 146 valence electrons. The lowest BCUT2D eigenvalue weighted by atomic mass is 9.93. The van der Waals surface area contributed by atoms with Crippen LogP contribution in [0.3, 0.4) is 0 Å². The van der Waals surface area contributed by atoms with E-state index in [1.807, 2.05) is 6.07 Å². The van der Waals surface area contributed by atoms with Crippen molar-refractivity contribution in [2.45, 2.75) is 37.6 Å². The Kier molecular flexibility index (Phi) is 5.84. The molecule has 2 aliphatic rings. The Morgan fingerprint density at radius 1 is 1.26 bits per heavy atom. The molecule has 0 aromatic heterocycles. The topological polar surface area (TPSA) is 55.8 Å². The minimum Gasteiger partial charge on any atom is -0.446 e. The van der Waals surface area contributed by atoms with Gasteiger partial charge in [-0.2, -0.15) is 13.2 Å². The molecule has 2 saturated heterocycles. The van der Waals surface area contributed by atoms with Crippen LogP contribution in [0.1, 0.15) is 30.9 Å². The van der Waals surface area contributed by atoms with E-state index in [9.17, 15) is 22.8 Å². The van der Waals surface area contributed by atoms with E-state index in [0.717, 1.165) is 10.5 Å². The first-order valence-corrected chi connectivity index (χ1v) is 8.75. The maximum atomic E-state index is 12.5. The molecule has 2 aliphatic heterocycles. The minimum atomic E-state index is -4.28. The van der Waals surface area contributed by atoms with Crippen LogP contribution in [-0.4, -0.2) is 42.4 Å². The van der Waals surface area contributed by atoms with Crippen molar-refractivity contribution in [1.82, 2.24) is 4.90 Å². The van der Waals surface area contributed by atoms with Gasteiger partial charge in [0.05, 0.1) is 12.5 Å². The molecule has 2 heterocycles. The first-order valence-electron chi connectivity index (χ1n) is 8.75. The standard InChI is InChI=1S/C19H20F3NO4/c20-19(21,22)11-15-10-13(8-9-26-15)6-7-17(24)23-16(12-27-18(23)25)14-4-2-1-3-5-14/h1-7,13,15-16H,8-12H2. The number of nitrogens with zero attached hydrogens (tertiary/aromatic N) is 1. The molecule has 3 atom stereocenters. The van der Waals surface area contributed by atoms with Crippen LogP contribution in [-0.2, 0) is 14.3 Å². The lowest BCUT2D eigenvalue weighted by molar-refractivity contribution is -0.167. The van der Waals surface area contributed by atoms with Gasteiger partial charge in [0.2, 0.25) is 0 Å². The molecule has 8 heteroatoms. The monoisotopic (exact) mass is 383 g/mol. The molecule has 0 N–H and O–H groups in total. The number of amides is 2. The summed E-state index contributed by atoms with van der Waals surface area (Å²) >= 11 is 0. The summed E-state index contributed by atoms with van der Waals surface area (Å²) in [6, 6.07) is 8.53. The fraction of sp³-hybridized carbons (Fsp3) is 0.474. The van der Waals surface area contributed by atoms with E-state index in [2.05, 4.69) is 0 Å². The zero-order valence-corrected chi connectivity index (χ0v) is 14.5. The maximum Gasteiger partial charge on any atom is 0.417 e. The number of halogens is 3. The number of hydrogen-bond donors (Lipinski definition) is 0. The molecule has 0 spiro atoms. The van der Waals surface area contributed by atoms with E-state index in [1.165, 1.54) is 6.08 Å². The van der Waals surface area contributed by atoms with Crippen molar-refractivity contribution in [1.29, 1.82) is 0 Å². The van der Waals surface area contributed by atoms with Gasteiger partial charge >= 0.3 is 12.3 Å². The summed E-state index contributed by atoms with van der Waals surface area (Å²) in [4.78, 5) is 25.5. The van der Waals surface area contributed by atoms with Crippen molar-refractivity contribution >= 4 is 12.0 Å². The summed E-state index contributed by atoms with van der Waals surface area (Å²) in [6.45, 7) is 0.287. The largest absolute Gasteiger partial charge is 0.446 e. The Labute approximate surface area is 154 Å². The number of carbonyl (C=O) groups is 2. The van der Waals surface area contributed by atoms with E-state index in [4.69, 9.17) is 9.47 Å². The van der Waals surface area contributed by atoms with Gasteiger partial charge in [0.15, 0.2) is 0 Å². The minimum absolute atomic E-state index is 0.0767. The van der Waals surface area contributed by atoms with Gasteiger partial charge in [0, 0.05) is 6.61 Å². The van der Waals surface area contributed by atoms with E-state index in [0.29, 0.717) is 6.42 Å². The van der Waals surface area contributed by atoms with Gasteiger partial charge in [-0.05, 0) is 30.4 Å².